The Hall–Kier alpha value is -2.34. The van der Waals surface area contributed by atoms with Crippen LogP contribution in [-0.4, -0.2) is 12.0 Å². The highest BCUT2D eigenvalue weighted by atomic mass is 15.2. The van der Waals surface area contributed by atoms with Gasteiger partial charge in [-0.3, -0.25) is 0 Å². The van der Waals surface area contributed by atoms with Crippen LogP contribution in [0.3, 0.4) is 0 Å². The van der Waals surface area contributed by atoms with Gasteiger partial charge in [-0.1, -0.05) is 39.0 Å². The highest BCUT2D eigenvalue weighted by molar-refractivity contribution is 5.41. The fraction of sp³-hybridized carbons (Fsp3) is 0.333. The Labute approximate surface area is 126 Å². The highest BCUT2D eigenvalue weighted by Crippen LogP contribution is 2.23. The van der Waals surface area contributed by atoms with E-state index in [1.165, 1.54) is 5.56 Å². The van der Waals surface area contributed by atoms with Gasteiger partial charge < -0.3 is 4.90 Å². The van der Waals surface area contributed by atoms with Gasteiger partial charge in [-0.05, 0) is 34.7 Å². The van der Waals surface area contributed by atoms with E-state index < -0.39 is 0 Å². The first-order valence-electron chi connectivity index (χ1n) is 7.07. The first kappa shape index (κ1) is 15.1. The molecule has 0 aliphatic rings. The molecule has 0 atom stereocenters. The van der Waals surface area contributed by atoms with E-state index in [9.17, 15) is 0 Å². The van der Waals surface area contributed by atoms with Crippen molar-refractivity contribution >= 4 is 5.82 Å². The van der Waals surface area contributed by atoms with Crippen molar-refractivity contribution in [1.29, 1.82) is 5.26 Å². The lowest BCUT2D eigenvalue weighted by Gasteiger charge is -2.22. The summed E-state index contributed by atoms with van der Waals surface area (Å²) in [6, 6.07) is 14.0. The Morgan fingerprint density at radius 2 is 1.95 bits per heavy atom. The monoisotopic (exact) mass is 279 g/mol. The van der Waals surface area contributed by atoms with Gasteiger partial charge in [0.1, 0.15) is 5.82 Å². The van der Waals surface area contributed by atoms with Crippen LogP contribution in [0.5, 0.6) is 0 Å². The zero-order valence-corrected chi connectivity index (χ0v) is 13.1. The molecule has 1 aromatic carbocycles. The summed E-state index contributed by atoms with van der Waals surface area (Å²) >= 11 is 0. The minimum absolute atomic E-state index is 0.116. The maximum atomic E-state index is 8.94. The molecule has 0 bridgehead atoms. The molecule has 0 radical (unpaired) electrons. The molecule has 0 fully saturated rings. The summed E-state index contributed by atoms with van der Waals surface area (Å²) in [6.45, 7) is 7.28. The van der Waals surface area contributed by atoms with Crippen molar-refractivity contribution in [2.24, 2.45) is 0 Å². The number of nitriles is 1. The van der Waals surface area contributed by atoms with Crippen LogP contribution in [0.25, 0.3) is 0 Å². The van der Waals surface area contributed by atoms with Gasteiger partial charge in [0.05, 0.1) is 11.6 Å². The second-order valence-electron chi connectivity index (χ2n) is 6.32. The number of benzene rings is 1. The van der Waals surface area contributed by atoms with Gasteiger partial charge in [-0.2, -0.15) is 5.26 Å². The van der Waals surface area contributed by atoms with Crippen LogP contribution in [0, 0.1) is 11.3 Å². The first-order chi connectivity index (χ1) is 9.90. The first-order valence-corrected chi connectivity index (χ1v) is 7.07. The molecule has 3 heteroatoms. The Balaban J connectivity index is 2.13. The molecule has 3 nitrogen and oxygen atoms in total. The zero-order chi connectivity index (χ0) is 15.5. The molecule has 2 rings (SSSR count). The van der Waals surface area contributed by atoms with Crippen molar-refractivity contribution in [3.05, 3.63) is 59.3 Å². The van der Waals surface area contributed by atoms with E-state index in [4.69, 9.17) is 5.26 Å². The van der Waals surface area contributed by atoms with Gasteiger partial charge in [0.25, 0.3) is 0 Å². The molecule has 1 aromatic heterocycles. The van der Waals surface area contributed by atoms with E-state index >= 15 is 0 Å². The van der Waals surface area contributed by atoms with Gasteiger partial charge in [0.15, 0.2) is 0 Å². The molecular weight excluding hydrogens is 258 g/mol. The van der Waals surface area contributed by atoms with E-state index in [0.29, 0.717) is 5.56 Å². The number of hydrogen-bond acceptors (Lipinski definition) is 3. The third kappa shape index (κ3) is 3.82. The summed E-state index contributed by atoms with van der Waals surface area (Å²) in [4.78, 5) is 6.63. The lowest BCUT2D eigenvalue weighted by molar-refractivity contribution is 0.587. The summed E-state index contributed by atoms with van der Waals surface area (Å²) in [6.07, 6.45) is 1.94. The Morgan fingerprint density at radius 1 is 1.19 bits per heavy atom. The van der Waals surface area contributed by atoms with Gasteiger partial charge in [-0.25, -0.2) is 4.98 Å². The highest BCUT2D eigenvalue weighted by Gasteiger charge is 2.14. The van der Waals surface area contributed by atoms with Gasteiger partial charge >= 0.3 is 0 Å². The van der Waals surface area contributed by atoms with Crippen molar-refractivity contribution in [3.63, 3.8) is 0 Å². The molecule has 108 valence electrons. The minimum atomic E-state index is 0.116. The molecule has 2 aromatic rings. The number of anilines is 1. The predicted octanol–water partition coefficient (Wildman–Crippen LogP) is 3.89. The van der Waals surface area contributed by atoms with Crippen LogP contribution in [0.1, 0.15) is 37.5 Å². The summed E-state index contributed by atoms with van der Waals surface area (Å²) < 4.78 is 0. The SMILES string of the molecule is CN(Cc1cccc(C#N)c1)c1ccc(C(C)(C)C)cn1. The van der Waals surface area contributed by atoms with Gasteiger partial charge in [-0.15, -0.1) is 0 Å². The quantitative estimate of drug-likeness (QED) is 0.855. The van der Waals surface area contributed by atoms with E-state index in [1.807, 2.05) is 37.5 Å². The van der Waals surface area contributed by atoms with Crippen LogP contribution in [0.15, 0.2) is 42.6 Å². The largest absolute Gasteiger partial charge is 0.355 e. The van der Waals surface area contributed by atoms with Crippen molar-refractivity contribution in [3.8, 4) is 6.07 Å². The summed E-state index contributed by atoms with van der Waals surface area (Å²) in [5.74, 6) is 0.936. The van der Waals surface area contributed by atoms with Crippen LogP contribution in [0.2, 0.25) is 0 Å². The van der Waals surface area contributed by atoms with Crippen molar-refractivity contribution < 1.29 is 0 Å². The second-order valence-corrected chi connectivity index (χ2v) is 6.32. The third-order valence-corrected chi connectivity index (χ3v) is 3.48. The molecule has 1 heterocycles. The number of aromatic nitrogens is 1. The number of hydrogen-bond donors (Lipinski definition) is 0. The van der Waals surface area contributed by atoms with Crippen LogP contribution < -0.4 is 4.90 Å². The summed E-state index contributed by atoms with van der Waals surface area (Å²) in [5.41, 5.74) is 3.15. The molecular formula is C18H21N3. The molecule has 0 saturated heterocycles. The van der Waals surface area contributed by atoms with Crippen molar-refractivity contribution in [2.75, 3.05) is 11.9 Å². The maximum absolute atomic E-state index is 8.94. The topological polar surface area (TPSA) is 39.9 Å². The fourth-order valence-corrected chi connectivity index (χ4v) is 2.15. The molecule has 21 heavy (non-hydrogen) atoms. The average molecular weight is 279 g/mol. The average Bonchev–Trinajstić information content (AvgIpc) is 2.46. The predicted molar refractivity (Wildman–Crippen MR) is 86.2 cm³/mol. The smallest absolute Gasteiger partial charge is 0.128 e. The second kappa shape index (κ2) is 5.97. The minimum Gasteiger partial charge on any atom is -0.355 e. The molecule has 0 aliphatic heterocycles. The number of rotatable bonds is 3. The van der Waals surface area contributed by atoms with E-state index in [1.54, 1.807) is 0 Å². The number of nitrogens with zero attached hydrogens (tertiary/aromatic N) is 3. The molecule has 0 aliphatic carbocycles. The van der Waals surface area contributed by atoms with Crippen molar-refractivity contribution in [2.45, 2.75) is 32.7 Å². The molecule has 0 spiro atoms. The zero-order valence-electron chi connectivity index (χ0n) is 13.1. The number of pyridine rings is 1. The van der Waals surface area contributed by atoms with Crippen LogP contribution in [-0.2, 0) is 12.0 Å². The third-order valence-electron chi connectivity index (χ3n) is 3.48. The van der Waals surface area contributed by atoms with E-state index in [2.05, 4.69) is 48.9 Å². The summed E-state index contributed by atoms with van der Waals surface area (Å²) in [7, 11) is 2.01. The van der Waals surface area contributed by atoms with Gasteiger partial charge in [0, 0.05) is 19.8 Å². The Morgan fingerprint density at radius 3 is 2.52 bits per heavy atom. The normalized spacial score (nSPS) is 11.0. The summed E-state index contributed by atoms with van der Waals surface area (Å²) in [5, 5.41) is 8.94. The molecule has 0 unspecified atom stereocenters. The van der Waals surface area contributed by atoms with Crippen LogP contribution >= 0.6 is 0 Å². The maximum Gasteiger partial charge on any atom is 0.128 e. The Kier molecular flexibility index (Phi) is 4.28. The standard InChI is InChI=1S/C18H21N3/c1-18(2,3)16-8-9-17(20-12-16)21(4)13-15-7-5-6-14(10-15)11-19/h5-10,12H,13H2,1-4H3. The molecule has 0 N–H and O–H groups in total. The van der Waals surface area contributed by atoms with Crippen LogP contribution in [0.4, 0.5) is 5.82 Å². The van der Waals surface area contributed by atoms with Crippen molar-refractivity contribution in [1.82, 2.24) is 4.98 Å². The lowest BCUT2D eigenvalue weighted by atomic mass is 9.88. The Bertz CT molecular complexity index is 645. The molecule has 0 amide bonds. The van der Waals surface area contributed by atoms with E-state index in [0.717, 1.165) is 17.9 Å². The van der Waals surface area contributed by atoms with E-state index in [-0.39, 0.29) is 5.41 Å². The molecule has 0 saturated carbocycles. The lowest BCUT2D eigenvalue weighted by Crippen LogP contribution is -2.18. The van der Waals surface area contributed by atoms with Gasteiger partial charge in [0.2, 0.25) is 0 Å². The fourth-order valence-electron chi connectivity index (χ4n) is 2.15.